The molecule has 0 aromatic rings. The first kappa shape index (κ1) is 36.8. The molecule has 0 saturated carbocycles. The third-order valence-corrected chi connectivity index (χ3v) is 8.52. The van der Waals surface area contributed by atoms with Crippen molar-refractivity contribution in [3.63, 3.8) is 0 Å². The van der Waals surface area contributed by atoms with Gasteiger partial charge in [-0.25, -0.2) is 0 Å². The molecule has 1 nitrogen and oxygen atoms in total. The van der Waals surface area contributed by atoms with Crippen molar-refractivity contribution in [2.24, 2.45) is 10.8 Å². The minimum Gasteiger partial charge on any atom is -0.295 e. The van der Waals surface area contributed by atoms with Crippen LogP contribution in [0.5, 0.6) is 0 Å². The number of carbonyl (C=O) groups excluding carboxylic acids is 1. The molecule has 0 aliphatic heterocycles. The average molecular weight is 605 g/mol. The molecule has 0 fully saturated rings. The number of alkyl halides is 3. The van der Waals surface area contributed by atoms with Crippen LogP contribution in [0.25, 0.3) is 0 Å². The zero-order valence-electron chi connectivity index (χ0n) is 28.2. The summed E-state index contributed by atoms with van der Waals surface area (Å²) in [4.78, 5) is 12.1. The largest absolute Gasteiger partial charge is 0.416 e. The number of carbonyl (C=O) groups is 1. The third-order valence-electron chi connectivity index (χ3n) is 8.52. The van der Waals surface area contributed by atoms with Crippen molar-refractivity contribution < 1.29 is 18.0 Å². The van der Waals surface area contributed by atoms with Crippen LogP contribution in [0, 0.1) is 10.8 Å². The SMILES string of the molecule is CC1=C(/C=C/C(C)=C/C=C/C(=C\C=C\C=C(C)\C=C\C=C(C)\C=C\C2=C(C)C(=O)CCC2(C)C)C(F)(F)F)C(C)(C)CCC1. The zero-order chi connectivity index (χ0) is 33.1. The monoisotopic (exact) mass is 604 g/mol. The van der Waals surface area contributed by atoms with Crippen molar-refractivity contribution in [3.8, 4) is 0 Å². The van der Waals surface area contributed by atoms with Crippen LogP contribution in [0.4, 0.5) is 13.2 Å². The van der Waals surface area contributed by atoms with Gasteiger partial charge in [-0.05, 0) is 87.9 Å². The molecule has 0 unspecified atom stereocenters. The Hall–Kier alpha value is -3.40. The standard InChI is InChI=1S/C40H51F3O/c1-29(16-12-17-30(2)23-25-36-33(5)37(44)26-28-39(36,8)9)15-10-11-20-34(40(41,42)43)21-13-18-31(3)22-24-35-32(4)19-14-27-38(35,6)7/h10-13,15-18,20-25H,14,19,26-28H2,1-9H3/b11-10+,16-12+,21-13+,24-22+,25-23+,29-15+,30-17+,31-18+,34-20+. The van der Waals surface area contributed by atoms with E-state index < -0.39 is 11.7 Å². The van der Waals surface area contributed by atoms with Crippen LogP contribution in [-0.2, 0) is 4.79 Å². The molecule has 2 rings (SSSR count). The van der Waals surface area contributed by atoms with E-state index in [9.17, 15) is 18.0 Å². The van der Waals surface area contributed by atoms with E-state index in [-0.39, 0.29) is 16.6 Å². The summed E-state index contributed by atoms with van der Waals surface area (Å²) >= 11 is 0. The Balaban J connectivity index is 2.05. The quantitative estimate of drug-likeness (QED) is 0.227. The third kappa shape index (κ3) is 11.6. The van der Waals surface area contributed by atoms with Gasteiger partial charge in [0.1, 0.15) is 0 Å². The number of Topliss-reactive ketones (excluding diaryl/α,β-unsaturated/α-hetero) is 1. The van der Waals surface area contributed by atoms with Gasteiger partial charge in [0.2, 0.25) is 0 Å². The predicted octanol–water partition coefficient (Wildman–Crippen LogP) is 12.3. The van der Waals surface area contributed by atoms with Gasteiger partial charge in [0.25, 0.3) is 0 Å². The summed E-state index contributed by atoms with van der Waals surface area (Å²) in [6.07, 6.45) is 24.5. The summed E-state index contributed by atoms with van der Waals surface area (Å²) in [5.74, 6) is 0.217. The highest BCUT2D eigenvalue weighted by atomic mass is 19.4. The lowest BCUT2D eigenvalue weighted by atomic mass is 9.72. The molecule has 0 bridgehead atoms. The molecule has 0 heterocycles. The second kappa shape index (κ2) is 16.1. The maximum Gasteiger partial charge on any atom is 0.416 e. The molecule has 2 aliphatic rings. The van der Waals surface area contributed by atoms with Gasteiger partial charge in [-0.3, -0.25) is 4.79 Å². The van der Waals surface area contributed by atoms with E-state index in [0.717, 1.165) is 59.3 Å². The van der Waals surface area contributed by atoms with E-state index in [2.05, 4.69) is 40.7 Å². The Bertz CT molecular complexity index is 1400. The molecule has 44 heavy (non-hydrogen) atoms. The molecule has 0 N–H and O–H groups in total. The van der Waals surface area contributed by atoms with Crippen LogP contribution in [0.3, 0.4) is 0 Å². The van der Waals surface area contributed by atoms with Crippen LogP contribution in [-0.4, -0.2) is 12.0 Å². The van der Waals surface area contributed by atoms with Crippen LogP contribution >= 0.6 is 0 Å². The lowest BCUT2D eigenvalue weighted by molar-refractivity contribution is -0.116. The van der Waals surface area contributed by atoms with Gasteiger partial charge >= 0.3 is 6.18 Å². The molecule has 0 radical (unpaired) electrons. The lowest BCUT2D eigenvalue weighted by Gasteiger charge is -2.32. The highest BCUT2D eigenvalue weighted by Crippen LogP contribution is 2.41. The molecule has 0 spiro atoms. The smallest absolute Gasteiger partial charge is 0.295 e. The maximum absolute atomic E-state index is 13.6. The van der Waals surface area contributed by atoms with Crippen molar-refractivity contribution in [1.82, 2.24) is 0 Å². The maximum atomic E-state index is 13.6. The second-order valence-corrected chi connectivity index (χ2v) is 13.4. The van der Waals surface area contributed by atoms with Gasteiger partial charge < -0.3 is 0 Å². The molecule has 0 saturated heterocycles. The van der Waals surface area contributed by atoms with Gasteiger partial charge in [-0.15, -0.1) is 0 Å². The Morgan fingerprint density at radius 1 is 0.659 bits per heavy atom. The Morgan fingerprint density at radius 3 is 1.75 bits per heavy atom. The average Bonchev–Trinajstić information content (AvgIpc) is 2.90. The number of hydrogen-bond donors (Lipinski definition) is 0. The zero-order valence-corrected chi connectivity index (χ0v) is 28.2. The molecular formula is C40H51F3O. The first-order chi connectivity index (χ1) is 20.4. The molecule has 0 amide bonds. The number of halogens is 3. The summed E-state index contributed by atoms with van der Waals surface area (Å²) in [5.41, 5.74) is 6.86. The van der Waals surface area contributed by atoms with Crippen molar-refractivity contribution in [3.05, 3.63) is 130 Å². The van der Waals surface area contributed by atoms with Gasteiger partial charge in [0, 0.05) is 6.42 Å². The molecular weight excluding hydrogens is 553 g/mol. The Kier molecular flexibility index (Phi) is 13.4. The molecule has 0 atom stereocenters. The van der Waals surface area contributed by atoms with Crippen LogP contribution in [0.1, 0.15) is 94.4 Å². The molecule has 238 valence electrons. The fraction of sp³-hybridized carbons (Fsp3) is 0.425. The van der Waals surface area contributed by atoms with Crippen molar-refractivity contribution in [2.45, 2.75) is 101 Å². The van der Waals surface area contributed by atoms with Gasteiger partial charge in [-0.1, -0.05) is 135 Å². The topological polar surface area (TPSA) is 17.1 Å². The first-order valence-electron chi connectivity index (χ1n) is 15.6. The minimum atomic E-state index is -4.45. The van der Waals surface area contributed by atoms with Crippen LogP contribution in [0.15, 0.2) is 130 Å². The molecule has 2 aliphatic carbocycles. The number of rotatable bonds is 10. The fourth-order valence-electron chi connectivity index (χ4n) is 5.63. The molecule has 0 aromatic carbocycles. The molecule has 0 aromatic heterocycles. The van der Waals surface area contributed by atoms with E-state index in [1.165, 1.54) is 29.7 Å². The lowest BCUT2D eigenvalue weighted by Crippen LogP contribution is -2.24. The summed E-state index contributed by atoms with van der Waals surface area (Å²) in [7, 11) is 0. The highest BCUT2D eigenvalue weighted by molar-refractivity contribution is 5.97. The van der Waals surface area contributed by atoms with Gasteiger partial charge in [0.05, 0.1) is 5.57 Å². The van der Waals surface area contributed by atoms with Crippen LogP contribution in [0.2, 0.25) is 0 Å². The van der Waals surface area contributed by atoms with Crippen molar-refractivity contribution >= 4 is 5.78 Å². The fourth-order valence-corrected chi connectivity index (χ4v) is 5.63. The number of ketones is 1. The number of hydrogen-bond acceptors (Lipinski definition) is 1. The van der Waals surface area contributed by atoms with E-state index >= 15 is 0 Å². The van der Waals surface area contributed by atoms with Gasteiger partial charge in [0.15, 0.2) is 5.78 Å². The first-order valence-corrected chi connectivity index (χ1v) is 15.6. The summed E-state index contributed by atoms with van der Waals surface area (Å²) in [6.45, 7) is 18.7. The summed E-state index contributed by atoms with van der Waals surface area (Å²) in [5, 5.41) is 0. The Morgan fingerprint density at radius 2 is 1.16 bits per heavy atom. The minimum absolute atomic E-state index is 0.0251. The van der Waals surface area contributed by atoms with E-state index in [1.54, 1.807) is 18.2 Å². The van der Waals surface area contributed by atoms with Gasteiger partial charge in [-0.2, -0.15) is 13.2 Å². The summed E-state index contributed by atoms with van der Waals surface area (Å²) in [6, 6.07) is 0. The van der Waals surface area contributed by atoms with E-state index in [1.807, 2.05) is 64.2 Å². The van der Waals surface area contributed by atoms with Crippen molar-refractivity contribution in [1.29, 1.82) is 0 Å². The normalized spacial score (nSPS) is 21.5. The summed E-state index contributed by atoms with van der Waals surface area (Å²) < 4.78 is 40.8. The predicted molar refractivity (Wildman–Crippen MR) is 182 cm³/mol. The van der Waals surface area contributed by atoms with E-state index in [4.69, 9.17) is 0 Å². The van der Waals surface area contributed by atoms with Crippen LogP contribution < -0.4 is 0 Å². The van der Waals surface area contributed by atoms with Crippen molar-refractivity contribution in [2.75, 3.05) is 0 Å². The van der Waals surface area contributed by atoms with E-state index in [0.29, 0.717) is 6.42 Å². The Labute approximate surface area is 264 Å². The molecule has 4 heteroatoms. The highest BCUT2D eigenvalue weighted by Gasteiger charge is 2.31. The number of allylic oxidation sites excluding steroid dienone is 22. The second-order valence-electron chi connectivity index (χ2n) is 13.4.